The number of nitrogens with two attached hydrogens (primary N) is 1. The van der Waals surface area contributed by atoms with E-state index in [-0.39, 0.29) is 0 Å². The molecule has 2 aromatic heterocycles. The van der Waals surface area contributed by atoms with E-state index in [0.717, 1.165) is 20.1 Å². The lowest BCUT2D eigenvalue weighted by molar-refractivity contribution is 1.01. The molecule has 0 fully saturated rings. The summed E-state index contributed by atoms with van der Waals surface area (Å²) in [5.74, 6) is 0. The molecule has 0 atom stereocenters. The van der Waals surface area contributed by atoms with Crippen molar-refractivity contribution >= 4 is 27.7 Å². The van der Waals surface area contributed by atoms with Gasteiger partial charge in [0.25, 0.3) is 0 Å². The molecule has 0 bridgehead atoms. The van der Waals surface area contributed by atoms with Crippen molar-refractivity contribution in [2.24, 2.45) is 5.73 Å². The fourth-order valence-corrected chi connectivity index (χ4v) is 2.05. The Morgan fingerprint density at radius 3 is 2.25 bits per heavy atom. The Morgan fingerprint density at radius 1 is 1.06 bits per heavy atom. The zero-order valence-electron chi connectivity index (χ0n) is 8.43. The van der Waals surface area contributed by atoms with E-state index in [9.17, 15) is 0 Å². The highest BCUT2D eigenvalue weighted by Crippen LogP contribution is 2.24. The molecular weight excluding hydrogens is 286 g/mol. The van der Waals surface area contributed by atoms with Crippen molar-refractivity contribution in [3.63, 3.8) is 0 Å². The third kappa shape index (κ3) is 3.04. The van der Waals surface area contributed by atoms with Gasteiger partial charge in [-0.05, 0) is 39.7 Å². The van der Waals surface area contributed by atoms with Crippen LogP contribution in [0.2, 0.25) is 0 Å². The van der Waals surface area contributed by atoms with Crippen LogP contribution in [0.4, 0.5) is 0 Å². The van der Waals surface area contributed by atoms with E-state index in [2.05, 4.69) is 25.9 Å². The van der Waals surface area contributed by atoms with Gasteiger partial charge in [0.15, 0.2) is 0 Å². The summed E-state index contributed by atoms with van der Waals surface area (Å²) >= 11 is 4.88. The van der Waals surface area contributed by atoms with Crippen molar-refractivity contribution in [2.75, 3.05) is 0 Å². The van der Waals surface area contributed by atoms with Crippen LogP contribution in [-0.2, 0) is 6.54 Å². The van der Waals surface area contributed by atoms with Crippen LogP contribution in [0.5, 0.6) is 0 Å². The largest absolute Gasteiger partial charge is 0.326 e. The van der Waals surface area contributed by atoms with E-state index >= 15 is 0 Å². The molecule has 0 amide bonds. The first-order valence-electron chi connectivity index (χ1n) is 4.72. The second-order valence-corrected chi connectivity index (χ2v) is 5.08. The molecule has 3 nitrogen and oxygen atoms in total. The lowest BCUT2D eigenvalue weighted by Gasteiger charge is -2.01. The molecule has 0 radical (unpaired) electrons. The second kappa shape index (κ2) is 5.43. The number of rotatable bonds is 3. The Morgan fingerprint density at radius 2 is 1.75 bits per heavy atom. The molecule has 16 heavy (non-hydrogen) atoms. The maximum Gasteiger partial charge on any atom is 0.102 e. The van der Waals surface area contributed by atoms with Gasteiger partial charge in [0.2, 0.25) is 0 Å². The van der Waals surface area contributed by atoms with Crippen LogP contribution in [0.3, 0.4) is 0 Å². The van der Waals surface area contributed by atoms with E-state index in [1.807, 2.05) is 24.3 Å². The molecule has 0 saturated carbocycles. The summed E-state index contributed by atoms with van der Waals surface area (Å²) in [7, 11) is 0. The first kappa shape index (κ1) is 11.6. The van der Waals surface area contributed by atoms with Crippen LogP contribution in [0.1, 0.15) is 5.56 Å². The lowest BCUT2D eigenvalue weighted by Crippen LogP contribution is -1.96. The Bertz CT molecular complexity index is 456. The maximum atomic E-state index is 5.50. The average Bonchev–Trinajstić information content (AvgIpc) is 2.33. The molecular formula is C11H10BrN3S. The van der Waals surface area contributed by atoms with Crippen molar-refractivity contribution in [1.82, 2.24) is 9.97 Å². The van der Waals surface area contributed by atoms with Crippen molar-refractivity contribution in [1.29, 1.82) is 0 Å². The molecule has 2 aromatic rings. The standard InChI is InChI=1S/C11H10BrN3S/c12-9-2-4-11(15-7-9)16-10-3-1-8(5-13)6-14-10/h1-4,6-7H,5,13H2. The van der Waals surface area contributed by atoms with Gasteiger partial charge >= 0.3 is 0 Å². The van der Waals surface area contributed by atoms with Gasteiger partial charge in [-0.15, -0.1) is 0 Å². The minimum absolute atomic E-state index is 0.522. The molecule has 0 spiro atoms. The van der Waals surface area contributed by atoms with Gasteiger partial charge < -0.3 is 5.73 Å². The van der Waals surface area contributed by atoms with Gasteiger partial charge in [0.1, 0.15) is 10.1 Å². The normalized spacial score (nSPS) is 10.4. The van der Waals surface area contributed by atoms with Gasteiger partial charge in [-0.3, -0.25) is 0 Å². The highest BCUT2D eigenvalue weighted by atomic mass is 79.9. The van der Waals surface area contributed by atoms with Crippen LogP contribution in [-0.4, -0.2) is 9.97 Å². The predicted octanol–water partition coefficient (Wildman–Crippen LogP) is 2.85. The van der Waals surface area contributed by atoms with E-state index in [1.54, 1.807) is 12.4 Å². The van der Waals surface area contributed by atoms with Gasteiger partial charge in [-0.25, -0.2) is 9.97 Å². The molecule has 2 heterocycles. The zero-order chi connectivity index (χ0) is 11.4. The van der Waals surface area contributed by atoms with E-state index in [4.69, 9.17) is 5.73 Å². The zero-order valence-corrected chi connectivity index (χ0v) is 10.8. The summed E-state index contributed by atoms with van der Waals surface area (Å²) < 4.78 is 0.975. The number of hydrogen-bond acceptors (Lipinski definition) is 4. The third-order valence-corrected chi connectivity index (χ3v) is 3.31. The SMILES string of the molecule is NCc1ccc(Sc2ccc(Br)cn2)nc1. The quantitative estimate of drug-likeness (QED) is 0.946. The van der Waals surface area contributed by atoms with Crippen molar-refractivity contribution in [2.45, 2.75) is 16.6 Å². The smallest absolute Gasteiger partial charge is 0.102 e. The number of aromatic nitrogens is 2. The molecule has 82 valence electrons. The van der Waals surface area contributed by atoms with Crippen LogP contribution < -0.4 is 5.73 Å². The molecule has 0 aromatic carbocycles. The van der Waals surface area contributed by atoms with Crippen molar-refractivity contribution in [3.8, 4) is 0 Å². The number of pyridine rings is 2. The Labute approximate surface area is 107 Å². The van der Waals surface area contributed by atoms with Crippen LogP contribution >= 0.6 is 27.7 Å². The number of nitrogens with zero attached hydrogens (tertiary/aromatic N) is 2. The lowest BCUT2D eigenvalue weighted by atomic mass is 10.3. The predicted molar refractivity (Wildman–Crippen MR) is 68.2 cm³/mol. The van der Waals surface area contributed by atoms with Crippen LogP contribution in [0.15, 0.2) is 51.2 Å². The van der Waals surface area contributed by atoms with Crippen LogP contribution in [0, 0.1) is 0 Å². The summed E-state index contributed by atoms with van der Waals surface area (Å²) in [6.45, 7) is 0.522. The van der Waals surface area contributed by atoms with Crippen LogP contribution in [0.25, 0.3) is 0 Å². The Balaban J connectivity index is 2.11. The topological polar surface area (TPSA) is 51.8 Å². The Hall–Kier alpha value is -0.910. The molecule has 5 heteroatoms. The number of hydrogen-bond donors (Lipinski definition) is 1. The summed E-state index contributed by atoms with van der Waals surface area (Å²) in [5, 5.41) is 1.85. The minimum Gasteiger partial charge on any atom is -0.326 e. The second-order valence-electron chi connectivity index (χ2n) is 3.13. The van der Waals surface area contributed by atoms with Gasteiger partial charge in [0.05, 0.1) is 0 Å². The van der Waals surface area contributed by atoms with E-state index in [0.29, 0.717) is 6.54 Å². The first-order chi connectivity index (χ1) is 7.78. The Kier molecular flexibility index (Phi) is 3.93. The van der Waals surface area contributed by atoms with Gasteiger partial charge in [-0.1, -0.05) is 17.8 Å². The fraction of sp³-hybridized carbons (Fsp3) is 0.0909. The molecule has 0 aliphatic rings. The molecule has 2 rings (SSSR count). The number of halogens is 1. The summed E-state index contributed by atoms with van der Waals surface area (Å²) in [6.07, 6.45) is 3.57. The molecule has 0 aliphatic carbocycles. The summed E-state index contributed by atoms with van der Waals surface area (Å²) in [5.41, 5.74) is 6.54. The molecule has 0 aliphatic heterocycles. The van der Waals surface area contributed by atoms with Crippen molar-refractivity contribution in [3.05, 3.63) is 46.7 Å². The van der Waals surface area contributed by atoms with Gasteiger partial charge in [0, 0.05) is 23.4 Å². The highest BCUT2D eigenvalue weighted by Gasteiger charge is 2.00. The van der Waals surface area contributed by atoms with E-state index < -0.39 is 0 Å². The monoisotopic (exact) mass is 295 g/mol. The molecule has 0 unspecified atom stereocenters. The van der Waals surface area contributed by atoms with Crippen molar-refractivity contribution < 1.29 is 0 Å². The average molecular weight is 296 g/mol. The van der Waals surface area contributed by atoms with Gasteiger partial charge in [-0.2, -0.15) is 0 Å². The molecule has 2 N–H and O–H groups in total. The highest BCUT2D eigenvalue weighted by molar-refractivity contribution is 9.10. The molecule has 0 saturated heterocycles. The summed E-state index contributed by atoms with van der Waals surface area (Å²) in [6, 6.07) is 7.85. The fourth-order valence-electron chi connectivity index (χ4n) is 1.12. The maximum absolute atomic E-state index is 5.50. The van der Waals surface area contributed by atoms with E-state index in [1.165, 1.54) is 11.8 Å². The third-order valence-electron chi connectivity index (χ3n) is 1.94. The first-order valence-corrected chi connectivity index (χ1v) is 6.33. The minimum atomic E-state index is 0.522. The summed E-state index contributed by atoms with van der Waals surface area (Å²) in [4.78, 5) is 8.57.